The summed E-state index contributed by atoms with van der Waals surface area (Å²) in [5.74, 6) is -1.70. The average Bonchev–Trinajstić information content (AvgIpc) is 2.62. The Morgan fingerprint density at radius 3 is 2.11 bits per heavy atom. The number of carbonyl (C=O) groups is 3. The van der Waals surface area contributed by atoms with Crippen LogP contribution in [0, 0.1) is 0 Å². The summed E-state index contributed by atoms with van der Waals surface area (Å²) < 4.78 is 5.02. The average molecular weight is 370 g/mol. The maximum atomic E-state index is 12.4. The van der Waals surface area contributed by atoms with E-state index in [1.54, 1.807) is 55.5 Å². The first-order chi connectivity index (χ1) is 12.8. The van der Waals surface area contributed by atoms with Crippen LogP contribution in [0.3, 0.4) is 0 Å². The molecule has 1 atom stereocenters. The maximum Gasteiger partial charge on any atom is 0.305 e. The fraction of sp³-hybridized carbons (Fsp3) is 0.250. The van der Waals surface area contributed by atoms with Crippen LogP contribution in [0.4, 0.5) is 5.69 Å². The second kappa shape index (κ2) is 8.95. The number of ether oxygens (including phenoxy) is 1. The van der Waals surface area contributed by atoms with Crippen LogP contribution in [0.25, 0.3) is 0 Å². The molecule has 0 aromatic heterocycles. The molecule has 0 radical (unpaired) electrons. The molecule has 0 aliphatic heterocycles. The summed E-state index contributed by atoms with van der Waals surface area (Å²) in [4.78, 5) is 35.6. The van der Waals surface area contributed by atoms with Crippen molar-refractivity contribution in [1.82, 2.24) is 5.32 Å². The largest absolute Gasteiger partial charge is 0.481 e. The highest BCUT2D eigenvalue weighted by molar-refractivity contribution is 6.04. The molecule has 1 unspecified atom stereocenters. The van der Waals surface area contributed by atoms with E-state index in [4.69, 9.17) is 9.84 Å². The van der Waals surface area contributed by atoms with Crippen molar-refractivity contribution in [3.05, 3.63) is 65.7 Å². The molecule has 2 aromatic rings. The third-order valence-corrected chi connectivity index (χ3v) is 3.86. The molecule has 2 aromatic carbocycles. The molecule has 0 heterocycles. The van der Waals surface area contributed by atoms with Crippen molar-refractivity contribution in [2.45, 2.75) is 18.9 Å². The number of rotatable bonds is 8. The van der Waals surface area contributed by atoms with Crippen molar-refractivity contribution in [2.75, 3.05) is 19.0 Å². The zero-order valence-corrected chi connectivity index (χ0v) is 15.2. The predicted molar refractivity (Wildman–Crippen MR) is 101 cm³/mol. The van der Waals surface area contributed by atoms with Gasteiger partial charge in [0.25, 0.3) is 11.8 Å². The van der Waals surface area contributed by atoms with Crippen LogP contribution in [0.5, 0.6) is 0 Å². The van der Waals surface area contributed by atoms with Crippen molar-refractivity contribution < 1.29 is 24.2 Å². The lowest BCUT2D eigenvalue weighted by Gasteiger charge is -2.28. The summed E-state index contributed by atoms with van der Waals surface area (Å²) in [6, 6.07) is 15.1. The Hall–Kier alpha value is -3.19. The van der Waals surface area contributed by atoms with Crippen molar-refractivity contribution in [3.63, 3.8) is 0 Å². The summed E-state index contributed by atoms with van der Waals surface area (Å²) in [6.07, 6.45) is -0.266. The number of aliphatic carboxylic acids is 1. The number of benzene rings is 2. The molecule has 7 nitrogen and oxygen atoms in total. The van der Waals surface area contributed by atoms with Crippen molar-refractivity contribution in [2.24, 2.45) is 0 Å². The summed E-state index contributed by atoms with van der Waals surface area (Å²) in [5, 5.41) is 14.5. The number of methoxy groups -OCH3 is 1. The number of nitrogens with one attached hydrogen (secondary N) is 2. The predicted octanol–water partition coefficient (Wildman–Crippen LogP) is 2.55. The topological polar surface area (TPSA) is 105 Å². The molecule has 0 aliphatic carbocycles. The van der Waals surface area contributed by atoms with Gasteiger partial charge in [0.15, 0.2) is 0 Å². The number of amides is 2. The van der Waals surface area contributed by atoms with Gasteiger partial charge in [0.1, 0.15) is 0 Å². The highest BCUT2D eigenvalue weighted by Gasteiger charge is 2.30. The zero-order valence-electron chi connectivity index (χ0n) is 15.2. The van der Waals surface area contributed by atoms with Gasteiger partial charge in [-0.2, -0.15) is 0 Å². The van der Waals surface area contributed by atoms with Gasteiger partial charge in [-0.1, -0.05) is 18.2 Å². The van der Waals surface area contributed by atoms with Gasteiger partial charge in [0.2, 0.25) is 0 Å². The Kier molecular flexibility index (Phi) is 6.67. The normalized spacial score (nSPS) is 12.7. The molecule has 7 heteroatoms. The van der Waals surface area contributed by atoms with Crippen LogP contribution in [0.15, 0.2) is 54.6 Å². The van der Waals surface area contributed by atoms with E-state index in [0.29, 0.717) is 16.8 Å². The number of hydrogen-bond acceptors (Lipinski definition) is 4. The Morgan fingerprint density at radius 2 is 1.56 bits per heavy atom. The van der Waals surface area contributed by atoms with Crippen LogP contribution in [-0.4, -0.2) is 42.1 Å². The first kappa shape index (κ1) is 20.1. The number of hydrogen-bond donors (Lipinski definition) is 3. The number of carbonyl (C=O) groups excluding carboxylic acids is 2. The lowest BCUT2D eigenvalue weighted by atomic mass is 9.98. The minimum absolute atomic E-state index is 0.0657. The molecule has 0 fully saturated rings. The Bertz CT molecular complexity index is 805. The van der Waals surface area contributed by atoms with Gasteiger partial charge in [0, 0.05) is 23.9 Å². The molecule has 0 spiro atoms. The van der Waals surface area contributed by atoms with E-state index in [0.717, 1.165) is 0 Å². The van der Waals surface area contributed by atoms with E-state index >= 15 is 0 Å². The van der Waals surface area contributed by atoms with Crippen LogP contribution in [0.1, 0.15) is 34.1 Å². The number of carboxylic acids is 1. The maximum absolute atomic E-state index is 12.4. The van der Waals surface area contributed by atoms with E-state index in [2.05, 4.69) is 10.6 Å². The minimum Gasteiger partial charge on any atom is -0.481 e. The second-order valence-corrected chi connectivity index (χ2v) is 6.42. The summed E-state index contributed by atoms with van der Waals surface area (Å²) in [6.45, 7) is 1.67. The fourth-order valence-corrected chi connectivity index (χ4v) is 2.63. The first-order valence-corrected chi connectivity index (χ1v) is 8.33. The van der Waals surface area contributed by atoms with Gasteiger partial charge in [-0.25, -0.2) is 0 Å². The van der Waals surface area contributed by atoms with E-state index in [1.165, 1.54) is 7.11 Å². The van der Waals surface area contributed by atoms with Crippen LogP contribution in [0.2, 0.25) is 0 Å². The summed E-state index contributed by atoms with van der Waals surface area (Å²) >= 11 is 0. The molecule has 142 valence electrons. The zero-order chi connectivity index (χ0) is 19.9. The second-order valence-electron chi connectivity index (χ2n) is 6.42. The Morgan fingerprint density at radius 1 is 0.963 bits per heavy atom. The smallest absolute Gasteiger partial charge is 0.305 e. The van der Waals surface area contributed by atoms with E-state index in [9.17, 15) is 14.4 Å². The van der Waals surface area contributed by atoms with Crippen LogP contribution in [-0.2, 0) is 9.53 Å². The molecule has 0 saturated carbocycles. The number of carboxylic acid groups (broad SMARTS) is 1. The van der Waals surface area contributed by atoms with Crippen molar-refractivity contribution in [3.8, 4) is 0 Å². The number of anilines is 1. The van der Waals surface area contributed by atoms with Gasteiger partial charge in [-0.05, 0) is 43.3 Å². The molecular formula is C20H22N2O5. The van der Waals surface area contributed by atoms with Gasteiger partial charge in [-0.3, -0.25) is 14.4 Å². The van der Waals surface area contributed by atoms with Crippen LogP contribution < -0.4 is 10.6 Å². The molecule has 3 N–H and O–H groups in total. The third-order valence-electron chi connectivity index (χ3n) is 3.86. The van der Waals surface area contributed by atoms with E-state index in [-0.39, 0.29) is 18.9 Å². The highest BCUT2D eigenvalue weighted by atomic mass is 16.5. The van der Waals surface area contributed by atoms with Gasteiger partial charge in [0.05, 0.1) is 18.6 Å². The lowest BCUT2D eigenvalue weighted by Crippen LogP contribution is -2.50. The Labute approximate surface area is 157 Å². The highest BCUT2D eigenvalue weighted by Crippen LogP contribution is 2.15. The quantitative estimate of drug-likeness (QED) is 0.662. The van der Waals surface area contributed by atoms with Gasteiger partial charge < -0.3 is 20.5 Å². The summed E-state index contributed by atoms with van der Waals surface area (Å²) in [7, 11) is 1.44. The third kappa shape index (κ3) is 5.93. The Balaban J connectivity index is 2.04. The van der Waals surface area contributed by atoms with Crippen molar-refractivity contribution >= 4 is 23.5 Å². The summed E-state index contributed by atoms with van der Waals surface area (Å²) in [5.41, 5.74) is 0.395. The van der Waals surface area contributed by atoms with Gasteiger partial charge >= 0.3 is 5.97 Å². The van der Waals surface area contributed by atoms with E-state index in [1.807, 2.05) is 6.07 Å². The fourth-order valence-electron chi connectivity index (χ4n) is 2.63. The van der Waals surface area contributed by atoms with E-state index < -0.39 is 17.4 Å². The molecule has 2 amide bonds. The standard InChI is InChI=1S/C20H22N2O5/c1-20(13-27-2,12-17(23)24)22-19(26)15-8-10-16(11-9-15)21-18(25)14-6-4-3-5-7-14/h3-11H,12-13H2,1-2H3,(H,21,25)(H,22,26)(H,23,24). The molecule has 2 rings (SSSR count). The molecule has 27 heavy (non-hydrogen) atoms. The van der Waals surface area contributed by atoms with Crippen LogP contribution >= 0.6 is 0 Å². The first-order valence-electron chi connectivity index (χ1n) is 8.33. The lowest BCUT2D eigenvalue weighted by molar-refractivity contribution is -0.139. The van der Waals surface area contributed by atoms with Gasteiger partial charge in [-0.15, -0.1) is 0 Å². The molecular weight excluding hydrogens is 348 g/mol. The van der Waals surface area contributed by atoms with Crippen molar-refractivity contribution in [1.29, 1.82) is 0 Å². The molecule has 0 aliphatic rings. The SMILES string of the molecule is COCC(C)(CC(=O)O)NC(=O)c1ccc(NC(=O)c2ccccc2)cc1. The molecule has 0 bridgehead atoms. The monoisotopic (exact) mass is 370 g/mol. The minimum atomic E-state index is -1.03. The molecule has 0 saturated heterocycles.